The number of ketones is 1. The van der Waals surface area contributed by atoms with E-state index in [2.05, 4.69) is 15.9 Å². The van der Waals surface area contributed by atoms with Crippen molar-refractivity contribution in [2.75, 3.05) is 0 Å². The Morgan fingerprint density at radius 3 is 2.26 bits per heavy atom. The summed E-state index contributed by atoms with van der Waals surface area (Å²) in [4.78, 5) is 13.7. The van der Waals surface area contributed by atoms with Gasteiger partial charge in [-0.05, 0) is 53.6 Å². The molecule has 3 aromatic carbocycles. The number of rotatable bonds is 6. The molecule has 0 fully saturated rings. The molecule has 0 aliphatic carbocycles. The van der Waals surface area contributed by atoms with Crippen LogP contribution in [0.5, 0.6) is 0 Å². The van der Waals surface area contributed by atoms with Crippen molar-refractivity contribution in [2.24, 2.45) is 0 Å². The summed E-state index contributed by atoms with van der Waals surface area (Å²) in [6.07, 6.45) is 1.88. The van der Waals surface area contributed by atoms with Gasteiger partial charge in [-0.15, -0.1) is 11.8 Å². The molecule has 3 rings (SSSR count). The zero-order valence-corrected chi connectivity index (χ0v) is 18.1. The summed E-state index contributed by atoms with van der Waals surface area (Å²) in [6, 6.07) is 22.6. The molecule has 0 N–H and O–H groups in total. The molecular weight excluding hydrogens is 463 g/mol. The Balaban J connectivity index is 1.90. The zero-order chi connectivity index (χ0) is 19.2. The third kappa shape index (κ3) is 5.73. The van der Waals surface area contributed by atoms with Gasteiger partial charge in [-0.25, -0.2) is 0 Å². The number of carbonyl (C=O) groups excluding carboxylic acids is 1. The van der Waals surface area contributed by atoms with Crippen molar-refractivity contribution in [2.45, 2.75) is 5.75 Å². The molecule has 5 heteroatoms. The van der Waals surface area contributed by atoms with Gasteiger partial charge in [-0.1, -0.05) is 75.5 Å². The van der Waals surface area contributed by atoms with Gasteiger partial charge in [0.2, 0.25) is 5.78 Å². The quantitative estimate of drug-likeness (QED) is 0.265. The van der Waals surface area contributed by atoms with Gasteiger partial charge in [0.1, 0.15) is 0 Å². The molecule has 0 aliphatic heterocycles. The van der Waals surface area contributed by atoms with Crippen molar-refractivity contribution in [3.8, 4) is 0 Å². The maximum absolute atomic E-state index is 13.1. The lowest BCUT2D eigenvalue weighted by molar-refractivity contribution is 0.104. The second-order valence-electron chi connectivity index (χ2n) is 5.78. The van der Waals surface area contributed by atoms with Crippen molar-refractivity contribution in [1.29, 1.82) is 0 Å². The molecule has 0 saturated carbocycles. The van der Waals surface area contributed by atoms with Crippen LogP contribution in [0.3, 0.4) is 0 Å². The Hall–Kier alpha value is -1.52. The number of thioether (sulfide) groups is 1. The minimum absolute atomic E-state index is 0.0855. The van der Waals surface area contributed by atoms with Crippen LogP contribution < -0.4 is 0 Å². The zero-order valence-electron chi connectivity index (χ0n) is 14.2. The smallest absolute Gasteiger partial charge is 0.200 e. The van der Waals surface area contributed by atoms with Gasteiger partial charge in [-0.2, -0.15) is 0 Å². The minimum Gasteiger partial charge on any atom is -0.288 e. The molecule has 3 aromatic rings. The second-order valence-corrected chi connectivity index (χ2v) is 8.56. The Bertz CT molecular complexity index is 966. The van der Waals surface area contributed by atoms with Gasteiger partial charge in [0, 0.05) is 20.8 Å². The predicted molar refractivity (Wildman–Crippen MR) is 121 cm³/mol. The van der Waals surface area contributed by atoms with Crippen LogP contribution in [0.4, 0.5) is 0 Å². The molecule has 0 unspecified atom stereocenters. The molecule has 0 bridgehead atoms. The number of allylic oxidation sites excluding steroid dienone is 1. The largest absolute Gasteiger partial charge is 0.288 e. The van der Waals surface area contributed by atoms with Crippen LogP contribution in [0.2, 0.25) is 10.0 Å². The Kier molecular flexibility index (Phi) is 7.20. The maximum Gasteiger partial charge on any atom is 0.200 e. The summed E-state index contributed by atoms with van der Waals surface area (Å²) < 4.78 is 1.03. The molecule has 1 nitrogen and oxygen atoms in total. The van der Waals surface area contributed by atoms with Crippen LogP contribution in [0.1, 0.15) is 21.5 Å². The van der Waals surface area contributed by atoms with E-state index in [0.717, 1.165) is 15.6 Å². The van der Waals surface area contributed by atoms with Crippen LogP contribution in [0.15, 0.2) is 82.2 Å². The number of benzene rings is 3. The average Bonchev–Trinajstić information content (AvgIpc) is 2.68. The highest BCUT2D eigenvalue weighted by atomic mass is 79.9. The van der Waals surface area contributed by atoms with E-state index < -0.39 is 0 Å². The highest BCUT2D eigenvalue weighted by Gasteiger charge is 2.16. The maximum atomic E-state index is 13.1. The van der Waals surface area contributed by atoms with E-state index in [4.69, 9.17) is 23.2 Å². The number of halogens is 3. The number of hydrogen-bond donors (Lipinski definition) is 0. The second kappa shape index (κ2) is 9.61. The molecule has 0 amide bonds. The van der Waals surface area contributed by atoms with E-state index in [1.165, 1.54) is 11.8 Å². The standard InChI is InChI=1S/C22H15BrCl2OS/c23-17-9-5-16(6-10-17)14-27-21(13-15-7-11-18(24)12-8-15)22(26)19-3-1-2-4-20(19)25/h1-13H,14H2/b21-13+. The highest BCUT2D eigenvalue weighted by molar-refractivity contribution is 9.10. The van der Waals surface area contributed by atoms with Crippen LogP contribution >= 0.6 is 50.9 Å². The Morgan fingerprint density at radius 2 is 1.59 bits per heavy atom. The third-order valence-corrected chi connectivity index (χ3v) is 6.02. The fourth-order valence-corrected chi connectivity index (χ4v) is 3.99. The van der Waals surface area contributed by atoms with Crippen LogP contribution in [-0.4, -0.2) is 5.78 Å². The minimum atomic E-state index is -0.0855. The summed E-state index contributed by atoms with van der Waals surface area (Å²) in [5.74, 6) is 0.598. The molecular formula is C22H15BrCl2OS. The van der Waals surface area contributed by atoms with Gasteiger partial charge in [-0.3, -0.25) is 4.79 Å². The number of hydrogen-bond acceptors (Lipinski definition) is 2. The molecule has 0 spiro atoms. The number of Topliss-reactive ketones (excluding diaryl/α,β-unsaturated/α-hetero) is 1. The number of carbonyl (C=O) groups is 1. The molecule has 136 valence electrons. The molecule has 0 heterocycles. The van der Waals surface area contributed by atoms with Crippen molar-refractivity contribution < 1.29 is 4.79 Å². The molecule has 0 aliphatic rings. The normalized spacial score (nSPS) is 11.4. The van der Waals surface area contributed by atoms with Crippen molar-refractivity contribution in [3.63, 3.8) is 0 Å². The van der Waals surface area contributed by atoms with E-state index in [1.807, 2.05) is 66.7 Å². The van der Waals surface area contributed by atoms with Gasteiger partial charge >= 0.3 is 0 Å². The van der Waals surface area contributed by atoms with Crippen molar-refractivity contribution in [1.82, 2.24) is 0 Å². The fourth-order valence-electron chi connectivity index (χ4n) is 2.40. The van der Waals surface area contributed by atoms with Gasteiger partial charge < -0.3 is 0 Å². The molecule has 0 aromatic heterocycles. The average molecular weight is 478 g/mol. The first-order valence-electron chi connectivity index (χ1n) is 8.16. The molecule has 0 radical (unpaired) electrons. The summed E-state index contributed by atoms with van der Waals surface area (Å²) in [5, 5.41) is 1.11. The monoisotopic (exact) mass is 476 g/mol. The van der Waals surface area contributed by atoms with Crippen molar-refractivity contribution in [3.05, 3.63) is 109 Å². The summed E-state index contributed by atoms with van der Waals surface area (Å²) in [7, 11) is 0. The van der Waals surface area contributed by atoms with Gasteiger partial charge in [0.05, 0.1) is 9.93 Å². The summed E-state index contributed by atoms with van der Waals surface area (Å²) in [6.45, 7) is 0. The van der Waals surface area contributed by atoms with E-state index in [9.17, 15) is 4.79 Å². The van der Waals surface area contributed by atoms with E-state index in [-0.39, 0.29) is 5.78 Å². The molecule has 0 saturated heterocycles. The third-order valence-electron chi connectivity index (χ3n) is 3.82. The SMILES string of the molecule is O=C(/C(=C\c1ccc(Cl)cc1)SCc1ccc(Br)cc1)c1ccccc1Cl. The lowest BCUT2D eigenvalue weighted by Crippen LogP contribution is -2.02. The van der Waals surface area contributed by atoms with Crippen LogP contribution in [0, 0.1) is 0 Å². The van der Waals surface area contributed by atoms with Crippen molar-refractivity contribution >= 4 is 62.8 Å². The van der Waals surface area contributed by atoms with Crippen LogP contribution in [-0.2, 0) is 5.75 Å². The lowest BCUT2D eigenvalue weighted by atomic mass is 10.1. The Labute approximate surface area is 181 Å². The van der Waals surface area contributed by atoms with E-state index >= 15 is 0 Å². The predicted octanol–water partition coefficient (Wildman–Crippen LogP) is 7.91. The fraction of sp³-hybridized carbons (Fsp3) is 0.0455. The van der Waals surface area contributed by atoms with Crippen LogP contribution in [0.25, 0.3) is 6.08 Å². The first-order valence-corrected chi connectivity index (χ1v) is 10.7. The summed E-state index contributed by atoms with van der Waals surface area (Å²) in [5.41, 5.74) is 2.55. The van der Waals surface area contributed by atoms with E-state index in [1.54, 1.807) is 12.1 Å². The van der Waals surface area contributed by atoms with Gasteiger partial charge in [0.25, 0.3) is 0 Å². The van der Waals surface area contributed by atoms with E-state index in [0.29, 0.717) is 26.3 Å². The Morgan fingerprint density at radius 1 is 0.926 bits per heavy atom. The molecule has 27 heavy (non-hydrogen) atoms. The highest BCUT2D eigenvalue weighted by Crippen LogP contribution is 2.30. The molecule has 0 atom stereocenters. The van der Waals surface area contributed by atoms with Gasteiger partial charge in [0.15, 0.2) is 0 Å². The lowest BCUT2D eigenvalue weighted by Gasteiger charge is -2.09. The summed E-state index contributed by atoms with van der Waals surface area (Å²) >= 11 is 17.1. The topological polar surface area (TPSA) is 17.1 Å². The first kappa shape index (κ1) is 20.2. The first-order chi connectivity index (χ1) is 13.0.